The first-order valence-electron chi connectivity index (χ1n) is 8.61. The first-order chi connectivity index (χ1) is 9.56. The summed E-state index contributed by atoms with van der Waals surface area (Å²) in [7, 11) is 0. The van der Waals surface area contributed by atoms with E-state index in [0.29, 0.717) is 5.41 Å². The Balaban J connectivity index is 1.72. The fourth-order valence-corrected chi connectivity index (χ4v) is 6.27. The highest BCUT2D eigenvalue weighted by Gasteiger charge is 2.57. The van der Waals surface area contributed by atoms with Gasteiger partial charge in [-0.25, -0.2) is 0 Å². The van der Waals surface area contributed by atoms with Crippen LogP contribution in [-0.2, 0) is 0 Å². The SMILES string of the molecule is CC12CCC=CC1=CCC1C2CCC2(C)C1CC[C@@H]2O. The van der Waals surface area contributed by atoms with Gasteiger partial charge in [0.2, 0.25) is 0 Å². The lowest BCUT2D eigenvalue weighted by Gasteiger charge is -2.56. The molecule has 0 aromatic heterocycles. The highest BCUT2D eigenvalue weighted by molar-refractivity contribution is 5.34. The minimum atomic E-state index is -0.0436. The number of hydrogen-bond donors (Lipinski definition) is 1. The number of allylic oxidation sites excluding steroid dienone is 4. The summed E-state index contributed by atoms with van der Waals surface area (Å²) < 4.78 is 0. The smallest absolute Gasteiger partial charge is 0.0596 e. The van der Waals surface area contributed by atoms with Crippen molar-refractivity contribution >= 4 is 0 Å². The average Bonchev–Trinajstić information content (AvgIpc) is 2.74. The third-order valence-electron chi connectivity index (χ3n) is 7.60. The zero-order valence-corrected chi connectivity index (χ0v) is 12.9. The minimum Gasteiger partial charge on any atom is -0.393 e. The van der Waals surface area contributed by atoms with Crippen LogP contribution in [0.3, 0.4) is 0 Å². The second-order valence-electron chi connectivity index (χ2n) is 8.27. The molecule has 4 aliphatic rings. The van der Waals surface area contributed by atoms with E-state index in [1.807, 2.05) is 0 Å². The van der Waals surface area contributed by atoms with E-state index in [1.165, 1.54) is 38.5 Å². The van der Waals surface area contributed by atoms with Crippen LogP contribution in [0.4, 0.5) is 0 Å². The van der Waals surface area contributed by atoms with Crippen LogP contribution in [-0.4, -0.2) is 11.2 Å². The lowest BCUT2D eigenvalue weighted by atomic mass is 9.49. The molecule has 0 radical (unpaired) electrons. The molecule has 0 amide bonds. The quantitative estimate of drug-likeness (QED) is 0.689. The van der Waals surface area contributed by atoms with Gasteiger partial charge in [-0.1, -0.05) is 32.1 Å². The van der Waals surface area contributed by atoms with Crippen molar-refractivity contribution in [1.29, 1.82) is 0 Å². The second kappa shape index (κ2) is 4.22. The summed E-state index contributed by atoms with van der Waals surface area (Å²) in [5.74, 6) is 2.44. The molecule has 1 nitrogen and oxygen atoms in total. The summed E-state index contributed by atoms with van der Waals surface area (Å²) >= 11 is 0. The number of hydrogen-bond acceptors (Lipinski definition) is 1. The first-order valence-corrected chi connectivity index (χ1v) is 8.61. The van der Waals surface area contributed by atoms with Crippen LogP contribution in [0.25, 0.3) is 0 Å². The Labute approximate surface area is 123 Å². The van der Waals surface area contributed by atoms with Gasteiger partial charge in [-0.3, -0.25) is 0 Å². The molecule has 2 fully saturated rings. The van der Waals surface area contributed by atoms with Gasteiger partial charge in [-0.15, -0.1) is 0 Å². The summed E-state index contributed by atoms with van der Waals surface area (Å²) in [5.41, 5.74) is 2.26. The number of fused-ring (bicyclic) bond motifs is 5. The maximum atomic E-state index is 10.4. The van der Waals surface area contributed by atoms with Gasteiger partial charge < -0.3 is 5.11 Å². The Morgan fingerprint density at radius 1 is 1.10 bits per heavy atom. The van der Waals surface area contributed by atoms with E-state index in [9.17, 15) is 5.11 Å². The molecule has 1 heteroatoms. The first kappa shape index (κ1) is 13.1. The summed E-state index contributed by atoms with van der Waals surface area (Å²) in [6.45, 7) is 4.89. The maximum Gasteiger partial charge on any atom is 0.0596 e. The van der Waals surface area contributed by atoms with Gasteiger partial charge in [0.15, 0.2) is 0 Å². The van der Waals surface area contributed by atoms with E-state index in [-0.39, 0.29) is 11.5 Å². The molecule has 0 aliphatic heterocycles. The number of aliphatic hydroxyl groups excluding tert-OH is 1. The molecule has 6 atom stereocenters. The molecule has 0 bridgehead atoms. The zero-order valence-electron chi connectivity index (χ0n) is 12.9. The Morgan fingerprint density at radius 2 is 1.95 bits per heavy atom. The van der Waals surface area contributed by atoms with Gasteiger partial charge in [0.25, 0.3) is 0 Å². The van der Waals surface area contributed by atoms with E-state index in [0.717, 1.165) is 24.2 Å². The summed E-state index contributed by atoms with van der Waals surface area (Å²) in [6, 6.07) is 0. The molecule has 0 aromatic carbocycles. The van der Waals surface area contributed by atoms with Crippen molar-refractivity contribution in [2.24, 2.45) is 28.6 Å². The van der Waals surface area contributed by atoms with Crippen molar-refractivity contribution in [3.8, 4) is 0 Å². The molecule has 0 heterocycles. The molecular formula is C19H28O. The van der Waals surface area contributed by atoms with Gasteiger partial charge in [-0.05, 0) is 79.1 Å². The highest BCUT2D eigenvalue weighted by Crippen LogP contribution is 2.64. The Hall–Kier alpha value is -0.560. The van der Waals surface area contributed by atoms with E-state index in [1.54, 1.807) is 5.57 Å². The van der Waals surface area contributed by atoms with Crippen LogP contribution in [0.1, 0.15) is 58.8 Å². The van der Waals surface area contributed by atoms with Crippen LogP contribution in [0.15, 0.2) is 23.8 Å². The molecule has 0 saturated heterocycles. The molecule has 0 aromatic rings. The highest BCUT2D eigenvalue weighted by atomic mass is 16.3. The van der Waals surface area contributed by atoms with Crippen molar-refractivity contribution in [2.75, 3.05) is 0 Å². The van der Waals surface area contributed by atoms with Crippen molar-refractivity contribution in [1.82, 2.24) is 0 Å². The third-order valence-corrected chi connectivity index (χ3v) is 7.60. The van der Waals surface area contributed by atoms with Crippen LogP contribution >= 0.6 is 0 Å². The molecular weight excluding hydrogens is 244 g/mol. The Morgan fingerprint density at radius 3 is 2.80 bits per heavy atom. The summed E-state index contributed by atoms with van der Waals surface area (Å²) in [4.78, 5) is 0. The molecule has 20 heavy (non-hydrogen) atoms. The lowest BCUT2D eigenvalue weighted by molar-refractivity contribution is -0.0624. The minimum absolute atomic E-state index is 0.0436. The lowest BCUT2D eigenvalue weighted by Crippen LogP contribution is -2.49. The predicted molar refractivity (Wildman–Crippen MR) is 82.2 cm³/mol. The van der Waals surface area contributed by atoms with Crippen molar-refractivity contribution in [3.63, 3.8) is 0 Å². The molecule has 2 saturated carbocycles. The molecule has 4 aliphatic carbocycles. The van der Waals surface area contributed by atoms with Crippen LogP contribution in [0.5, 0.6) is 0 Å². The molecule has 1 N–H and O–H groups in total. The molecule has 4 rings (SSSR count). The second-order valence-corrected chi connectivity index (χ2v) is 8.27. The maximum absolute atomic E-state index is 10.4. The van der Waals surface area contributed by atoms with Gasteiger partial charge in [-0.2, -0.15) is 0 Å². The van der Waals surface area contributed by atoms with E-state index in [2.05, 4.69) is 32.1 Å². The number of rotatable bonds is 0. The fraction of sp³-hybridized carbons (Fsp3) is 0.789. The largest absolute Gasteiger partial charge is 0.393 e. The van der Waals surface area contributed by atoms with Gasteiger partial charge in [0, 0.05) is 0 Å². The predicted octanol–water partition coefficient (Wildman–Crippen LogP) is 4.48. The Bertz CT molecular complexity index is 476. The van der Waals surface area contributed by atoms with E-state index < -0.39 is 0 Å². The zero-order chi connectivity index (χ0) is 14.0. The molecule has 110 valence electrons. The van der Waals surface area contributed by atoms with Crippen molar-refractivity contribution in [3.05, 3.63) is 23.8 Å². The van der Waals surface area contributed by atoms with Crippen molar-refractivity contribution < 1.29 is 5.11 Å². The van der Waals surface area contributed by atoms with Crippen molar-refractivity contribution in [2.45, 2.75) is 64.9 Å². The molecule has 5 unspecified atom stereocenters. The normalized spacial score (nSPS) is 53.9. The van der Waals surface area contributed by atoms with Gasteiger partial charge in [0.05, 0.1) is 6.10 Å². The van der Waals surface area contributed by atoms with Gasteiger partial charge >= 0.3 is 0 Å². The standard InChI is InChI=1S/C19H28O/c1-18-11-4-3-5-13(18)6-7-14-15-8-9-17(20)19(15,2)12-10-16(14)18/h3,5-6,14-17,20H,4,7-12H2,1-2H3/t14?,15?,16?,17-,18?,19?/m0/s1. The summed E-state index contributed by atoms with van der Waals surface area (Å²) in [6.07, 6.45) is 16.0. The van der Waals surface area contributed by atoms with Crippen LogP contribution in [0, 0.1) is 28.6 Å². The third kappa shape index (κ3) is 1.53. The summed E-state index contributed by atoms with van der Waals surface area (Å²) in [5, 5.41) is 10.4. The average molecular weight is 272 g/mol. The monoisotopic (exact) mass is 272 g/mol. The molecule has 0 spiro atoms. The van der Waals surface area contributed by atoms with E-state index in [4.69, 9.17) is 0 Å². The van der Waals surface area contributed by atoms with E-state index >= 15 is 0 Å². The topological polar surface area (TPSA) is 20.2 Å². The fourth-order valence-electron chi connectivity index (χ4n) is 6.27. The Kier molecular flexibility index (Phi) is 2.77. The number of aliphatic hydroxyl groups is 1. The van der Waals surface area contributed by atoms with Crippen LogP contribution in [0.2, 0.25) is 0 Å². The van der Waals surface area contributed by atoms with Crippen LogP contribution < -0.4 is 0 Å². The van der Waals surface area contributed by atoms with Gasteiger partial charge in [0.1, 0.15) is 0 Å².